The van der Waals surface area contributed by atoms with Crippen molar-refractivity contribution in [2.24, 2.45) is 10.2 Å². The topological polar surface area (TPSA) is 42.0 Å². The zero-order chi connectivity index (χ0) is 15.7. The van der Waals surface area contributed by atoms with Crippen molar-refractivity contribution in [3.63, 3.8) is 0 Å². The van der Waals surface area contributed by atoms with Crippen molar-refractivity contribution < 1.29 is 4.39 Å². The van der Waals surface area contributed by atoms with Gasteiger partial charge < -0.3 is 0 Å². The molecule has 0 unspecified atom stereocenters. The molecule has 0 bridgehead atoms. The van der Waals surface area contributed by atoms with Crippen molar-refractivity contribution in [1.82, 2.24) is 9.38 Å². The van der Waals surface area contributed by atoms with Gasteiger partial charge in [0.05, 0.1) is 10.7 Å². The lowest BCUT2D eigenvalue weighted by Gasteiger charge is -2.02. The second-order valence-electron chi connectivity index (χ2n) is 5.20. The number of imidazole rings is 1. The molecule has 3 rings (SSSR count). The molecule has 2 heterocycles. The van der Waals surface area contributed by atoms with Crippen LogP contribution in [0.25, 0.3) is 5.65 Å². The number of hydrogen-bond donors (Lipinski definition) is 0. The minimum atomic E-state index is -0.352. The Kier molecular flexibility index (Phi) is 3.90. The van der Waals surface area contributed by atoms with Gasteiger partial charge in [-0.15, -0.1) is 10.2 Å². The molecule has 6 heteroatoms. The van der Waals surface area contributed by atoms with Crippen LogP contribution in [0.4, 0.5) is 15.9 Å². The van der Waals surface area contributed by atoms with Crippen molar-refractivity contribution in [2.45, 2.75) is 19.8 Å². The molecule has 0 saturated carbocycles. The Bertz CT molecular complexity index is 854. The SMILES string of the molecule is CC(C)c1nc2ccc(F)cn2c1N=Nc1ccccc1Cl. The number of pyridine rings is 1. The molecule has 3 aromatic rings. The fraction of sp³-hybridized carbons (Fsp3) is 0.188. The van der Waals surface area contributed by atoms with Crippen molar-refractivity contribution in [3.05, 3.63) is 59.1 Å². The Hall–Kier alpha value is -2.27. The summed E-state index contributed by atoms with van der Waals surface area (Å²) in [5.41, 5.74) is 1.96. The van der Waals surface area contributed by atoms with E-state index in [9.17, 15) is 4.39 Å². The van der Waals surface area contributed by atoms with Crippen LogP contribution in [0.3, 0.4) is 0 Å². The molecule has 0 N–H and O–H groups in total. The average molecular weight is 317 g/mol. The Balaban J connectivity index is 2.14. The number of halogens is 2. The van der Waals surface area contributed by atoms with Gasteiger partial charge in [0.25, 0.3) is 0 Å². The fourth-order valence-electron chi connectivity index (χ4n) is 2.15. The third-order valence-corrected chi connectivity index (χ3v) is 3.55. The quantitative estimate of drug-likeness (QED) is 0.574. The van der Waals surface area contributed by atoms with Gasteiger partial charge >= 0.3 is 0 Å². The summed E-state index contributed by atoms with van der Waals surface area (Å²) in [7, 11) is 0. The molecule has 0 aliphatic carbocycles. The van der Waals surface area contributed by atoms with Crippen LogP contribution in [0.2, 0.25) is 5.02 Å². The molecule has 0 fully saturated rings. The molecule has 112 valence electrons. The maximum absolute atomic E-state index is 13.5. The Morgan fingerprint density at radius 1 is 1.14 bits per heavy atom. The largest absolute Gasteiger partial charge is 0.280 e. The van der Waals surface area contributed by atoms with E-state index in [1.165, 1.54) is 12.3 Å². The van der Waals surface area contributed by atoms with Crippen molar-refractivity contribution >= 4 is 28.8 Å². The van der Waals surface area contributed by atoms with Crippen LogP contribution in [0.1, 0.15) is 25.5 Å². The van der Waals surface area contributed by atoms with Gasteiger partial charge in [0, 0.05) is 6.20 Å². The van der Waals surface area contributed by atoms with E-state index in [2.05, 4.69) is 15.2 Å². The van der Waals surface area contributed by atoms with Gasteiger partial charge in [0.1, 0.15) is 17.2 Å². The summed E-state index contributed by atoms with van der Waals surface area (Å²) >= 11 is 6.07. The first-order valence-electron chi connectivity index (χ1n) is 6.90. The van der Waals surface area contributed by atoms with Crippen LogP contribution in [0.15, 0.2) is 52.8 Å². The van der Waals surface area contributed by atoms with E-state index < -0.39 is 0 Å². The maximum atomic E-state index is 13.5. The highest BCUT2D eigenvalue weighted by atomic mass is 35.5. The molecule has 0 aliphatic heterocycles. The van der Waals surface area contributed by atoms with E-state index in [0.717, 1.165) is 5.69 Å². The fourth-order valence-corrected chi connectivity index (χ4v) is 2.32. The predicted molar refractivity (Wildman–Crippen MR) is 84.9 cm³/mol. The predicted octanol–water partition coefficient (Wildman–Crippen LogP) is 5.67. The molecule has 1 aromatic carbocycles. The van der Waals surface area contributed by atoms with Crippen LogP contribution < -0.4 is 0 Å². The Labute approximate surface area is 132 Å². The summed E-state index contributed by atoms with van der Waals surface area (Å²) in [4.78, 5) is 4.50. The summed E-state index contributed by atoms with van der Waals surface area (Å²) in [5.74, 6) is 0.307. The number of hydrogen-bond acceptors (Lipinski definition) is 3. The maximum Gasteiger partial charge on any atom is 0.183 e. The van der Waals surface area contributed by atoms with Crippen LogP contribution in [0, 0.1) is 5.82 Å². The Morgan fingerprint density at radius 2 is 1.91 bits per heavy atom. The number of benzene rings is 1. The van der Waals surface area contributed by atoms with E-state index in [0.29, 0.717) is 22.2 Å². The van der Waals surface area contributed by atoms with Crippen LogP contribution in [-0.2, 0) is 0 Å². The molecule has 0 aliphatic rings. The van der Waals surface area contributed by atoms with E-state index in [-0.39, 0.29) is 11.7 Å². The average Bonchev–Trinajstić information content (AvgIpc) is 2.84. The second-order valence-corrected chi connectivity index (χ2v) is 5.61. The molecular weight excluding hydrogens is 303 g/mol. The lowest BCUT2D eigenvalue weighted by atomic mass is 10.1. The van der Waals surface area contributed by atoms with E-state index in [1.54, 1.807) is 22.6 Å². The number of rotatable bonds is 3. The third kappa shape index (κ3) is 2.72. The molecule has 22 heavy (non-hydrogen) atoms. The minimum Gasteiger partial charge on any atom is -0.280 e. The summed E-state index contributed by atoms with van der Waals surface area (Å²) < 4.78 is 15.1. The van der Waals surface area contributed by atoms with Crippen molar-refractivity contribution in [2.75, 3.05) is 0 Å². The normalized spacial score (nSPS) is 11.9. The van der Waals surface area contributed by atoms with E-state index >= 15 is 0 Å². The Morgan fingerprint density at radius 3 is 2.64 bits per heavy atom. The highest BCUT2D eigenvalue weighted by molar-refractivity contribution is 6.32. The van der Waals surface area contributed by atoms with Crippen molar-refractivity contribution in [3.8, 4) is 0 Å². The molecule has 2 aromatic heterocycles. The van der Waals surface area contributed by atoms with Crippen LogP contribution >= 0.6 is 11.6 Å². The van der Waals surface area contributed by atoms with Gasteiger partial charge in [-0.1, -0.05) is 37.6 Å². The van der Waals surface area contributed by atoms with Gasteiger partial charge in [0.15, 0.2) is 5.82 Å². The van der Waals surface area contributed by atoms with E-state index in [4.69, 9.17) is 11.6 Å². The number of aromatic nitrogens is 2. The molecule has 0 saturated heterocycles. The molecule has 0 amide bonds. The first-order valence-corrected chi connectivity index (χ1v) is 7.28. The standard InChI is InChI=1S/C16H14ClFN4/c1-10(2)15-16(21-20-13-6-4-3-5-12(13)17)22-9-11(18)7-8-14(22)19-15/h3-10H,1-2H3. The molecule has 4 nitrogen and oxygen atoms in total. The van der Waals surface area contributed by atoms with Crippen LogP contribution in [0.5, 0.6) is 0 Å². The summed E-state index contributed by atoms with van der Waals surface area (Å²) in [6.45, 7) is 4.01. The first-order chi connectivity index (χ1) is 10.6. The number of fused-ring (bicyclic) bond motifs is 1. The molecule has 0 atom stereocenters. The number of nitrogens with zero attached hydrogens (tertiary/aromatic N) is 4. The number of azo groups is 1. The zero-order valence-electron chi connectivity index (χ0n) is 12.2. The monoisotopic (exact) mass is 316 g/mol. The van der Waals surface area contributed by atoms with Gasteiger partial charge in [-0.3, -0.25) is 4.40 Å². The third-order valence-electron chi connectivity index (χ3n) is 3.23. The summed E-state index contributed by atoms with van der Waals surface area (Å²) in [6, 6.07) is 10.2. The van der Waals surface area contributed by atoms with Crippen LogP contribution in [-0.4, -0.2) is 9.38 Å². The summed E-state index contributed by atoms with van der Waals surface area (Å²) in [6.07, 6.45) is 1.36. The van der Waals surface area contributed by atoms with Gasteiger partial charge in [0.2, 0.25) is 0 Å². The highest BCUT2D eigenvalue weighted by Crippen LogP contribution is 2.31. The second kappa shape index (κ2) is 5.85. The lowest BCUT2D eigenvalue weighted by Crippen LogP contribution is -1.88. The van der Waals surface area contributed by atoms with E-state index in [1.807, 2.05) is 26.0 Å². The smallest absolute Gasteiger partial charge is 0.183 e. The van der Waals surface area contributed by atoms with Crippen molar-refractivity contribution in [1.29, 1.82) is 0 Å². The van der Waals surface area contributed by atoms with Gasteiger partial charge in [-0.2, -0.15) is 0 Å². The molecule has 0 radical (unpaired) electrons. The molecule has 0 spiro atoms. The molecular formula is C16H14ClFN4. The summed E-state index contributed by atoms with van der Waals surface area (Å²) in [5, 5.41) is 8.95. The highest BCUT2D eigenvalue weighted by Gasteiger charge is 2.15. The van der Waals surface area contributed by atoms with Gasteiger partial charge in [-0.05, 0) is 30.2 Å². The minimum absolute atomic E-state index is 0.142. The zero-order valence-corrected chi connectivity index (χ0v) is 12.9. The first kappa shape index (κ1) is 14.7. The lowest BCUT2D eigenvalue weighted by molar-refractivity contribution is 0.619. The van der Waals surface area contributed by atoms with Gasteiger partial charge in [-0.25, -0.2) is 9.37 Å².